The van der Waals surface area contributed by atoms with Crippen LogP contribution in [-0.2, 0) is 6.42 Å². The van der Waals surface area contributed by atoms with Gasteiger partial charge in [-0.15, -0.1) is 0 Å². The third-order valence-corrected chi connectivity index (χ3v) is 3.26. The van der Waals surface area contributed by atoms with Crippen LogP contribution < -0.4 is 10.1 Å². The lowest BCUT2D eigenvalue weighted by molar-refractivity contribution is 0.392. The summed E-state index contributed by atoms with van der Waals surface area (Å²) >= 11 is 0. The number of rotatable bonds is 6. The first-order valence-electron chi connectivity index (χ1n) is 6.82. The number of nitrogens with one attached hydrogen (secondary N) is 1. The Morgan fingerprint density at radius 1 is 1.24 bits per heavy atom. The Morgan fingerprint density at radius 3 is 2.76 bits per heavy atom. The number of benzene rings is 1. The van der Waals surface area contributed by atoms with Crippen molar-refractivity contribution >= 4 is 0 Å². The van der Waals surface area contributed by atoms with E-state index in [1.165, 1.54) is 6.07 Å². The summed E-state index contributed by atoms with van der Waals surface area (Å²) in [6.45, 7) is 2.63. The van der Waals surface area contributed by atoms with Gasteiger partial charge in [-0.05, 0) is 36.7 Å². The van der Waals surface area contributed by atoms with Crippen LogP contribution in [0.1, 0.15) is 24.2 Å². The van der Waals surface area contributed by atoms with Gasteiger partial charge in [0.15, 0.2) is 11.6 Å². The van der Waals surface area contributed by atoms with Gasteiger partial charge in [-0.25, -0.2) is 8.78 Å². The van der Waals surface area contributed by atoms with E-state index in [-0.39, 0.29) is 6.04 Å². The van der Waals surface area contributed by atoms with E-state index in [1.54, 1.807) is 31.5 Å². The fraction of sp³-hybridized carbons (Fsp3) is 0.312. The van der Waals surface area contributed by atoms with Crippen molar-refractivity contribution in [2.75, 3.05) is 13.7 Å². The number of hydrogen-bond donors (Lipinski definition) is 1. The molecule has 0 amide bonds. The minimum atomic E-state index is -0.837. The van der Waals surface area contributed by atoms with Crippen LogP contribution >= 0.6 is 0 Å². The van der Waals surface area contributed by atoms with Crippen molar-refractivity contribution in [3.05, 3.63) is 59.4 Å². The maximum absolute atomic E-state index is 13.8. The highest BCUT2D eigenvalue weighted by atomic mass is 19.2. The highest BCUT2D eigenvalue weighted by Gasteiger charge is 2.19. The van der Waals surface area contributed by atoms with Crippen molar-refractivity contribution in [2.45, 2.75) is 19.4 Å². The molecule has 5 heteroatoms. The average Bonchev–Trinajstić information content (AvgIpc) is 2.51. The molecule has 1 aromatic carbocycles. The van der Waals surface area contributed by atoms with Crippen molar-refractivity contribution in [3.63, 3.8) is 0 Å². The van der Waals surface area contributed by atoms with Crippen LogP contribution in [0.15, 0.2) is 36.5 Å². The van der Waals surface area contributed by atoms with E-state index in [0.29, 0.717) is 30.0 Å². The number of likely N-dealkylation sites (N-methyl/N-ethyl adjacent to an activating group) is 1. The van der Waals surface area contributed by atoms with Gasteiger partial charge in [0.1, 0.15) is 5.75 Å². The number of pyridine rings is 1. The van der Waals surface area contributed by atoms with Crippen molar-refractivity contribution in [1.82, 2.24) is 10.3 Å². The standard InChI is InChI=1S/C16H18F2N2O/c1-3-19-13(16-14(21-2)8-5-9-20-16)10-11-6-4-7-12(17)15(11)18/h4-9,13,19H,3,10H2,1-2H3. The first-order valence-corrected chi connectivity index (χ1v) is 6.82. The number of halogens is 2. The van der Waals surface area contributed by atoms with Crippen molar-refractivity contribution in [2.24, 2.45) is 0 Å². The molecule has 1 aromatic heterocycles. The molecular weight excluding hydrogens is 274 g/mol. The Morgan fingerprint density at radius 2 is 2.05 bits per heavy atom. The second kappa shape index (κ2) is 7.13. The van der Waals surface area contributed by atoms with Crippen LogP contribution in [0.2, 0.25) is 0 Å². The van der Waals surface area contributed by atoms with Crippen LogP contribution in [0.3, 0.4) is 0 Å². The van der Waals surface area contributed by atoms with Crippen molar-refractivity contribution in [3.8, 4) is 5.75 Å². The highest BCUT2D eigenvalue weighted by molar-refractivity contribution is 5.31. The average molecular weight is 292 g/mol. The molecule has 112 valence electrons. The van der Waals surface area contributed by atoms with Gasteiger partial charge < -0.3 is 10.1 Å². The summed E-state index contributed by atoms with van der Waals surface area (Å²) in [7, 11) is 1.56. The van der Waals surface area contributed by atoms with E-state index in [1.807, 2.05) is 6.92 Å². The predicted molar refractivity (Wildman–Crippen MR) is 77.3 cm³/mol. The number of nitrogens with zero attached hydrogens (tertiary/aromatic N) is 1. The summed E-state index contributed by atoms with van der Waals surface area (Å²) < 4.78 is 32.5. The lowest BCUT2D eigenvalue weighted by atomic mass is 10.0. The van der Waals surface area contributed by atoms with Gasteiger partial charge >= 0.3 is 0 Å². The molecule has 0 aliphatic heterocycles. The van der Waals surface area contributed by atoms with E-state index in [0.717, 1.165) is 6.07 Å². The summed E-state index contributed by atoms with van der Waals surface area (Å²) in [6.07, 6.45) is 1.95. The summed E-state index contributed by atoms with van der Waals surface area (Å²) in [5.74, 6) is -1.02. The number of methoxy groups -OCH3 is 1. The molecule has 0 aliphatic carbocycles. The van der Waals surface area contributed by atoms with Crippen molar-refractivity contribution in [1.29, 1.82) is 0 Å². The third-order valence-electron chi connectivity index (χ3n) is 3.26. The summed E-state index contributed by atoms with van der Waals surface area (Å²) in [5.41, 5.74) is 0.999. The Kier molecular flexibility index (Phi) is 5.22. The summed E-state index contributed by atoms with van der Waals surface area (Å²) in [4.78, 5) is 4.31. The zero-order chi connectivity index (χ0) is 15.2. The van der Waals surface area contributed by atoms with Gasteiger partial charge in [-0.1, -0.05) is 19.1 Å². The summed E-state index contributed by atoms with van der Waals surface area (Å²) in [6, 6.07) is 7.53. The van der Waals surface area contributed by atoms with E-state index in [9.17, 15) is 8.78 Å². The molecule has 0 bridgehead atoms. The van der Waals surface area contributed by atoms with E-state index in [2.05, 4.69) is 10.3 Å². The SMILES string of the molecule is CCNC(Cc1cccc(F)c1F)c1ncccc1OC. The first-order chi connectivity index (χ1) is 10.2. The van der Waals surface area contributed by atoms with Gasteiger partial charge in [0.05, 0.1) is 18.8 Å². The third kappa shape index (κ3) is 3.55. The predicted octanol–water partition coefficient (Wildman–Crippen LogP) is 3.26. The molecule has 0 fully saturated rings. The molecule has 0 radical (unpaired) electrons. The molecule has 0 spiro atoms. The Balaban J connectivity index is 2.33. The van der Waals surface area contributed by atoms with Gasteiger partial charge in [0, 0.05) is 6.20 Å². The number of hydrogen-bond acceptors (Lipinski definition) is 3. The molecule has 21 heavy (non-hydrogen) atoms. The topological polar surface area (TPSA) is 34.2 Å². The zero-order valence-electron chi connectivity index (χ0n) is 12.1. The zero-order valence-corrected chi connectivity index (χ0v) is 12.1. The van der Waals surface area contributed by atoms with Crippen LogP contribution in [-0.4, -0.2) is 18.6 Å². The summed E-state index contributed by atoms with van der Waals surface area (Å²) in [5, 5.41) is 3.24. The minimum absolute atomic E-state index is 0.248. The Labute approximate surface area is 123 Å². The van der Waals surface area contributed by atoms with Gasteiger partial charge in [0.25, 0.3) is 0 Å². The quantitative estimate of drug-likeness (QED) is 0.887. The molecule has 2 aromatic rings. The fourth-order valence-corrected chi connectivity index (χ4v) is 2.28. The molecule has 2 rings (SSSR count). The monoisotopic (exact) mass is 292 g/mol. The molecule has 1 N–H and O–H groups in total. The van der Waals surface area contributed by atoms with Crippen LogP contribution in [0.5, 0.6) is 5.75 Å². The number of aromatic nitrogens is 1. The molecular formula is C16H18F2N2O. The normalized spacial score (nSPS) is 12.2. The largest absolute Gasteiger partial charge is 0.495 e. The lowest BCUT2D eigenvalue weighted by Crippen LogP contribution is -2.25. The molecule has 1 atom stereocenters. The minimum Gasteiger partial charge on any atom is -0.495 e. The molecule has 0 saturated heterocycles. The molecule has 0 saturated carbocycles. The molecule has 0 aliphatic rings. The fourth-order valence-electron chi connectivity index (χ4n) is 2.28. The lowest BCUT2D eigenvalue weighted by Gasteiger charge is -2.20. The first kappa shape index (κ1) is 15.4. The van der Waals surface area contributed by atoms with Gasteiger partial charge in [-0.3, -0.25) is 4.98 Å². The second-order valence-electron chi connectivity index (χ2n) is 4.62. The Bertz CT molecular complexity index is 605. The smallest absolute Gasteiger partial charge is 0.162 e. The van der Waals surface area contributed by atoms with Crippen LogP contribution in [0.4, 0.5) is 8.78 Å². The maximum Gasteiger partial charge on any atom is 0.162 e. The van der Waals surface area contributed by atoms with Gasteiger partial charge in [-0.2, -0.15) is 0 Å². The van der Waals surface area contributed by atoms with Gasteiger partial charge in [0.2, 0.25) is 0 Å². The van der Waals surface area contributed by atoms with E-state index < -0.39 is 11.6 Å². The number of ether oxygens (including phenoxy) is 1. The van der Waals surface area contributed by atoms with Crippen molar-refractivity contribution < 1.29 is 13.5 Å². The Hall–Kier alpha value is -2.01. The molecule has 3 nitrogen and oxygen atoms in total. The molecule has 1 unspecified atom stereocenters. The maximum atomic E-state index is 13.8. The van der Waals surface area contributed by atoms with Crippen LogP contribution in [0, 0.1) is 11.6 Å². The second-order valence-corrected chi connectivity index (χ2v) is 4.62. The van der Waals surface area contributed by atoms with E-state index >= 15 is 0 Å². The van der Waals surface area contributed by atoms with E-state index in [4.69, 9.17) is 4.74 Å². The van der Waals surface area contributed by atoms with Crippen LogP contribution in [0.25, 0.3) is 0 Å². The molecule has 1 heterocycles. The highest BCUT2D eigenvalue weighted by Crippen LogP contribution is 2.26.